The number of thioether (sulfide) groups is 1. The predicted octanol–water partition coefficient (Wildman–Crippen LogP) is -4.68. The third-order valence-corrected chi connectivity index (χ3v) is 5.40. The molecule has 8 N–H and O–H groups in total. The zero-order valence-corrected chi connectivity index (χ0v) is 12.8. The van der Waals surface area contributed by atoms with E-state index in [1.54, 1.807) is 0 Å². The van der Waals surface area contributed by atoms with Crippen LogP contribution in [0.4, 0.5) is 0 Å². The summed E-state index contributed by atoms with van der Waals surface area (Å²) in [5.74, 6) is 0. The molecule has 2 heterocycles. The van der Waals surface area contributed by atoms with Crippen LogP contribution >= 0.6 is 11.8 Å². The van der Waals surface area contributed by atoms with Gasteiger partial charge in [0.1, 0.15) is 42.1 Å². The topological polar surface area (TPSA) is 180 Å². The SMILES string of the molecule is OCC1OC(OC2SC(CO)C(O)C(O)C2O)C(O)C(O)C1O. The van der Waals surface area contributed by atoms with Crippen molar-refractivity contribution in [3.05, 3.63) is 0 Å². The standard InChI is InChI=1S/C12H22O10S/c13-1-3-5(15)7(17)9(19)11(21-3)22-12-10(20)8(18)6(16)4(2-14)23-12/h3-20H,1-2H2. The summed E-state index contributed by atoms with van der Waals surface area (Å²) in [4.78, 5) is 0. The molecule has 10 nitrogen and oxygen atoms in total. The first-order chi connectivity index (χ1) is 10.8. The smallest absolute Gasteiger partial charge is 0.188 e. The third-order valence-electron chi connectivity index (χ3n) is 3.97. The Kier molecular flexibility index (Phi) is 6.61. The first-order valence-electron chi connectivity index (χ1n) is 7.08. The van der Waals surface area contributed by atoms with Crippen molar-refractivity contribution in [2.75, 3.05) is 13.2 Å². The average molecular weight is 358 g/mol. The first kappa shape index (κ1) is 19.3. The zero-order chi connectivity index (χ0) is 17.3. The lowest BCUT2D eigenvalue weighted by Gasteiger charge is -2.44. The van der Waals surface area contributed by atoms with E-state index in [1.165, 1.54) is 0 Å². The summed E-state index contributed by atoms with van der Waals surface area (Å²) in [7, 11) is 0. The van der Waals surface area contributed by atoms with Gasteiger partial charge < -0.3 is 50.3 Å². The van der Waals surface area contributed by atoms with Crippen LogP contribution < -0.4 is 0 Å². The summed E-state index contributed by atoms with van der Waals surface area (Å²) in [6.45, 7) is -1.12. The van der Waals surface area contributed by atoms with E-state index in [2.05, 4.69) is 0 Å². The molecule has 0 saturated carbocycles. The van der Waals surface area contributed by atoms with E-state index in [1.807, 2.05) is 0 Å². The Morgan fingerprint density at radius 2 is 1.35 bits per heavy atom. The summed E-state index contributed by atoms with van der Waals surface area (Å²) in [6.07, 6.45) is -12.0. The van der Waals surface area contributed by atoms with Gasteiger partial charge >= 0.3 is 0 Å². The van der Waals surface area contributed by atoms with E-state index < -0.39 is 72.9 Å². The summed E-state index contributed by atoms with van der Waals surface area (Å²) < 4.78 is 10.5. The fourth-order valence-corrected chi connectivity index (χ4v) is 3.74. The summed E-state index contributed by atoms with van der Waals surface area (Å²) in [6, 6.07) is 0. The molecule has 0 aliphatic carbocycles. The van der Waals surface area contributed by atoms with Gasteiger partial charge in [-0.1, -0.05) is 0 Å². The molecular formula is C12H22O10S. The fraction of sp³-hybridized carbons (Fsp3) is 1.00. The van der Waals surface area contributed by atoms with Gasteiger partial charge in [-0.25, -0.2) is 0 Å². The number of hydrogen-bond acceptors (Lipinski definition) is 11. The van der Waals surface area contributed by atoms with Crippen LogP contribution in [0.1, 0.15) is 0 Å². The largest absolute Gasteiger partial charge is 0.395 e. The van der Waals surface area contributed by atoms with Gasteiger partial charge in [-0.05, 0) is 0 Å². The second-order valence-electron chi connectivity index (χ2n) is 5.53. The van der Waals surface area contributed by atoms with Crippen molar-refractivity contribution in [3.8, 4) is 0 Å². The number of aliphatic hydroxyl groups excluding tert-OH is 8. The maximum atomic E-state index is 9.94. The molecule has 0 aromatic rings. The molecule has 0 bridgehead atoms. The third kappa shape index (κ3) is 3.80. The van der Waals surface area contributed by atoms with Gasteiger partial charge in [0.2, 0.25) is 0 Å². The highest BCUT2D eigenvalue weighted by Crippen LogP contribution is 2.35. The first-order valence-corrected chi connectivity index (χ1v) is 8.02. The molecule has 10 atom stereocenters. The van der Waals surface area contributed by atoms with E-state index >= 15 is 0 Å². The van der Waals surface area contributed by atoms with Crippen LogP contribution in [-0.2, 0) is 9.47 Å². The van der Waals surface area contributed by atoms with Crippen molar-refractivity contribution in [2.45, 2.75) is 59.7 Å². The van der Waals surface area contributed by atoms with Gasteiger partial charge in [0.25, 0.3) is 0 Å². The molecule has 11 heteroatoms. The molecule has 2 fully saturated rings. The van der Waals surface area contributed by atoms with Crippen molar-refractivity contribution in [1.29, 1.82) is 0 Å². The van der Waals surface area contributed by atoms with Gasteiger partial charge in [0.05, 0.1) is 24.6 Å². The van der Waals surface area contributed by atoms with Crippen LogP contribution in [0, 0.1) is 0 Å². The number of rotatable bonds is 4. The van der Waals surface area contributed by atoms with Crippen LogP contribution in [0.25, 0.3) is 0 Å². The normalized spacial score (nSPS) is 51.7. The second-order valence-corrected chi connectivity index (χ2v) is 6.87. The molecule has 0 aromatic carbocycles. The number of hydrogen-bond donors (Lipinski definition) is 8. The molecule has 2 aliphatic rings. The lowest BCUT2D eigenvalue weighted by molar-refractivity contribution is -0.311. The molecule has 23 heavy (non-hydrogen) atoms. The Labute approximate surface area is 135 Å². The van der Waals surface area contributed by atoms with E-state index in [-0.39, 0.29) is 0 Å². The monoisotopic (exact) mass is 358 g/mol. The molecule has 10 unspecified atom stereocenters. The van der Waals surface area contributed by atoms with Crippen LogP contribution in [0.15, 0.2) is 0 Å². The Balaban J connectivity index is 2.07. The maximum Gasteiger partial charge on any atom is 0.188 e. The lowest BCUT2D eigenvalue weighted by atomic mass is 9.99. The van der Waals surface area contributed by atoms with E-state index in [0.717, 1.165) is 11.8 Å². The van der Waals surface area contributed by atoms with Crippen LogP contribution in [0.5, 0.6) is 0 Å². The molecule has 136 valence electrons. The minimum absolute atomic E-state index is 0.482. The second kappa shape index (κ2) is 7.89. The maximum absolute atomic E-state index is 9.94. The minimum atomic E-state index is -1.66. The predicted molar refractivity (Wildman–Crippen MR) is 75.1 cm³/mol. The quantitative estimate of drug-likeness (QED) is 0.242. The van der Waals surface area contributed by atoms with Crippen LogP contribution in [0.2, 0.25) is 0 Å². The number of ether oxygens (including phenoxy) is 2. The zero-order valence-electron chi connectivity index (χ0n) is 12.0. The van der Waals surface area contributed by atoms with Crippen molar-refractivity contribution in [1.82, 2.24) is 0 Å². The molecule has 2 rings (SSSR count). The average Bonchev–Trinajstić information content (AvgIpc) is 2.55. The molecule has 0 spiro atoms. The van der Waals surface area contributed by atoms with E-state index in [0.29, 0.717) is 0 Å². The molecule has 2 aliphatic heterocycles. The summed E-state index contributed by atoms with van der Waals surface area (Å²) in [5, 5.41) is 76.1. The van der Waals surface area contributed by atoms with Gasteiger partial charge in [-0.3, -0.25) is 0 Å². The Morgan fingerprint density at radius 3 is 1.91 bits per heavy atom. The Hall–Kier alpha value is -0.0500. The molecular weight excluding hydrogens is 336 g/mol. The Bertz CT molecular complexity index is 349. The van der Waals surface area contributed by atoms with Gasteiger partial charge in [0.15, 0.2) is 6.29 Å². The minimum Gasteiger partial charge on any atom is -0.395 e. The van der Waals surface area contributed by atoms with Crippen molar-refractivity contribution in [2.24, 2.45) is 0 Å². The van der Waals surface area contributed by atoms with Crippen LogP contribution in [0.3, 0.4) is 0 Å². The highest BCUT2D eigenvalue weighted by atomic mass is 32.2. The molecule has 2 saturated heterocycles. The highest BCUT2D eigenvalue weighted by molar-refractivity contribution is 8.00. The van der Waals surface area contributed by atoms with Gasteiger partial charge in [0, 0.05) is 0 Å². The van der Waals surface area contributed by atoms with Gasteiger partial charge in [-0.15, -0.1) is 11.8 Å². The summed E-state index contributed by atoms with van der Waals surface area (Å²) in [5.41, 5.74) is -1.17. The van der Waals surface area contributed by atoms with E-state index in [9.17, 15) is 35.7 Å². The van der Waals surface area contributed by atoms with Crippen LogP contribution in [-0.4, -0.2) is 114 Å². The lowest BCUT2D eigenvalue weighted by Crippen LogP contribution is -2.61. The van der Waals surface area contributed by atoms with E-state index in [4.69, 9.17) is 14.6 Å². The molecule has 0 radical (unpaired) electrons. The van der Waals surface area contributed by atoms with Crippen molar-refractivity contribution < 1.29 is 50.3 Å². The van der Waals surface area contributed by atoms with Crippen molar-refractivity contribution in [3.63, 3.8) is 0 Å². The fourth-order valence-electron chi connectivity index (χ4n) is 2.49. The highest BCUT2D eigenvalue weighted by Gasteiger charge is 2.49. The Morgan fingerprint density at radius 1 is 0.739 bits per heavy atom. The number of aliphatic hydroxyl groups is 8. The van der Waals surface area contributed by atoms with Gasteiger partial charge in [-0.2, -0.15) is 0 Å². The van der Waals surface area contributed by atoms with Crippen molar-refractivity contribution >= 4 is 11.8 Å². The summed E-state index contributed by atoms with van der Waals surface area (Å²) >= 11 is 0.828. The molecule has 0 aromatic heterocycles. The molecule has 0 amide bonds.